The molecule has 2 nitrogen and oxygen atoms in total. The first-order valence-corrected chi connectivity index (χ1v) is 4.40. The number of halogens is 3. The van der Waals surface area contributed by atoms with Gasteiger partial charge in [0.05, 0.1) is 0 Å². The van der Waals surface area contributed by atoms with Gasteiger partial charge >= 0.3 is 0 Å². The molecule has 0 bridgehead atoms. The van der Waals surface area contributed by atoms with E-state index in [1.165, 1.54) is 19.9 Å². The third kappa shape index (κ3) is 2.70. The van der Waals surface area contributed by atoms with Crippen molar-refractivity contribution < 1.29 is 18.4 Å². The standard InChI is InChI=1S/C10H12F3NO/c1-10(2,13)7-3-6(5-14-15)9(12)8(11)4-7/h3-4,14-15H,5H2,1-2H3. The molecular formula is C10H12F3NO. The van der Waals surface area contributed by atoms with Crippen molar-refractivity contribution in [2.75, 3.05) is 0 Å². The zero-order valence-corrected chi connectivity index (χ0v) is 8.44. The Kier molecular flexibility index (Phi) is 3.36. The molecule has 5 heteroatoms. The lowest BCUT2D eigenvalue weighted by Crippen LogP contribution is -2.14. The van der Waals surface area contributed by atoms with Crippen LogP contribution in [0.5, 0.6) is 0 Å². The topological polar surface area (TPSA) is 32.3 Å². The Morgan fingerprint density at radius 2 is 1.93 bits per heavy atom. The number of alkyl halides is 1. The predicted molar refractivity (Wildman–Crippen MR) is 49.1 cm³/mol. The van der Waals surface area contributed by atoms with E-state index in [9.17, 15) is 13.2 Å². The average Bonchev–Trinajstić information content (AvgIpc) is 2.11. The molecule has 15 heavy (non-hydrogen) atoms. The summed E-state index contributed by atoms with van der Waals surface area (Å²) in [5.41, 5.74) is -0.128. The smallest absolute Gasteiger partial charge is 0.163 e. The van der Waals surface area contributed by atoms with E-state index in [0.29, 0.717) is 0 Å². The molecule has 0 saturated heterocycles. The molecule has 84 valence electrons. The summed E-state index contributed by atoms with van der Waals surface area (Å²) in [5.74, 6) is -2.20. The minimum Gasteiger partial charge on any atom is -0.316 e. The highest BCUT2D eigenvalue weighted by Gasteiger charge is 2.22. The molecule has 0 aliphatic heterocycles. The van der Waals surface area contributed by atoms with Gasteiger partial charge in [-0.1, -0.05) is 0 Å². The summed E-state index contributed by atoms with van der Waals surface area (Å²) in [4.78, 5) is 0. The van der Waals surface area contributed by atoms with Gasteiger partial charge in [-0.2, -0.15) is 0 Å². The van der Waals surface area contributed by atoms with Crippen LogP contribution in [0.4, 0.5) is 13.2 Å². The molecule has 2 N–H and O–H groups in total. The third-order valence-corrected chi connectivity index (χ3v) is 2.06. The molecule has 0 aliphatic rings. The van der Waals surface area contributed by atoms with E-state index in [1.54, 1.807) is 5.48 Å². The Labute approximate surface area is 85.7 Å². The van der Waals surface area contributed by atoms with Gasteiger partial charge in [0.25, 0.3) is 0 Å². The zero-order chi connectivity index (χ0) is 11.6. The molecule has 0 fully saturated rings. The molecule has 0 spiro atoms. The quantitative estimate of drug-likeness (QED) is 0.766. The molecule has 0 aromatic heterocycles. The number of hydrogen-bond acceptors (Lipinski definition) is 2. The fraction of sp³-hybridized carbons (Fsp3) is 0.400. The molecule has 1 rings (SSSR count). The maximum atomic E-state index is 13.5. The van der Waals surface area contributed by atoms with Gasteiger partial charge in [-0.25, -0.2) is 18.7 Å². The maximum absolute atomic E-state index is 13.5. The van der Waals surface area contributed by atoms with E-state index >= 15 is 0 Å². The number of nitrogens with one attached hydrogen (secondary N) is 1. The van der Waals surface area contributed by atoms with E-state index in [1.807, 2.05) is 0 Å². The van der Waals surface area contributed by atoms with Gasteiger partial charge < -0.3 is 5.21 Å². The summed E-state index contributed by atoms with van der Waals surface area (Å²) in [6.07, 6.45) is 0. The summed E-state index contributed by atoms with van der Waals surface area (Å²) < 4.78 is 39.6. The molecule has 0 heterocycles. The van der Waals surface area contributed by atoms with Crippen LogP contribution in [0, 0.1) is 11.6 Å². The number of hydrogen-bond donors (Lipinski definition) is 2. The predicted octanol–water partition coefficient (Wildman–Crippen LogP) is 2.65. The number of benzene rings is 1. The number of hydroxylamine groups is 1. The van der Waals surface area contributed by atoms with Crippen molar-refractivity contribution in [1.82, 2.24) is 5.48 Å². The molecule has 0 saturated carbocycles. The molecule has 0 aliphatic carbocycles. The average molecular weight is 219 g/mol. The van der Waals surface area contributed by atoms with Gasteiger partial charge in [0, 0.05) is 12.1 Å². The van der Waals surface area contributed by atoms with Gasteiger partial charge in [-0.15, -0.1) is 0 Å². The first kappa shape index (κ1) is 12.0. The van der Waals surface area contributed by atoms with Crippen LogP contribution in [0.2, 0.25) is 0 Å². The monoisotopic (exact) mass is 219 g/mol. The van der Waals surface area contributed by atoms with Gasteiger partial charge in [-0.3, -0.25) is 0 Å². The SMILES string of the molecule is CC(C)(F)c1cc(F)c(F)c(CNO)c1. The van der Waals surface area contributed by atoms with Crippen LogP contribution >= 0.6 is 0 Å². The second kappa shape index (κ2) is 4.20. The Hall–Kier alpha value is -1.07. The van der Waals surface area contributed by atoms with Crippen molar-refractivity contribution in [3.8, 4) is 0 Å². The lowest BCUT2D eigenvalue weighted by atomic mass is 9.97. The van der Waals surface area contributed by atoms with Crippen LogP contribution in [0.1, 0.15) is 25.0 Å². The van der Waals surface area contributed by atoms with Crippen LogP contribution in [0.25, 0.3) is 0 Å². The lowest BCUT2D eigenvalue weighted by Gasteiger charge is -2.16. The highest BCUT2D eigenvalue weighted by atomic mass is 19.2. The van der Waals surface area contributed by atoms with Gasteiger partial charge in [0.1, 0.15) is 5.67 Å². The molecule has 1 aromatic carbocycles. The highest BCUT2D eigenvalue weighted by molar-refractivity contribution is 5.29. The van der Waals surface area contributed by atoms with E-state index < -0.39 is 17.3 Å². The lowest BCUT2D eigenvalue weighted by molar-refractivity contribution is 0.159. The second-order valence-corrected chi connectivity index (χ2v) is 3.74. The third-order valence-electron chi connectivity index (χ3n) is 2.06. The minimum atomic E-state index is -1.75. The summed E-state index contributed by atoms with van der Waals surface area (Å²) >= 11 is 0. The molecule has 0 radical (unpaired) electrons. The molecule has 0 unspecified atom stereocenters. The molecular weight excluding hydrogens is 207 g/mol. The first-order chi connectivity index (χ1) is 6.86. The Morgan fingerprint density at radius 1 is 1.33 bits per heavy atom. The van der Waals surface area contributed by atoms with Crippen molar-refractivity contribution in [3.05, 3.63) is 34.9 Å². The van der Waals surface area contributed by atoms with E-state index in [0.717, 1.165) is 6.07 Å². The van der Waals surface area contributed by atoms with Crippen LogP contribution in [-0.4, -0.2) is 5.21 Å². The molecule has 0 amide bonds. The van der Waals surface area contributed by atoms with Crippen molar-refractivity contribution in [2.24, 2.45) is 0 Å². The van der Waals surface area contributed by atoms with E-state index in [4.69, 9.17) is 5.21 Å². The number of rotatable bonds is 3. The second-order valence-electron chi connectivity index (χ2n) is 3.74. The van der Waals surface area contributed by atoms with Gasteiger partial charge in [-0.05, 0) is 31.5 Å². The first-order valence-electron chi connectivity index (χ1n) is 4.40. The normalized spacial score (nSPS) is 11.9. The Balaban J connectivity index is 3.23. The summed E-state index contributed by atoms with van der Waals surface area (Å²) in [5, 5.41) is 8.40. The van der Waals surface area contributed by atoms with Crippen molar-refractivity contribution in [1.29, 1.82) is 0 Å². The van der Waals surface area contributed by atoms with Gasteiger partial charge in [0.2, 0.25) is 0 Å². The highest BCUT2D eigenvalue weighted by Crippen LogP contribution is 2.27. The fourth-order valence-electron chi connectivity index (χ4n) is 1.20. The van der Waals surface area contributed by atoms with Crippen molar-refractivity contribution in [3.63, 3.8) is 0 Å². The minimum absolute atomic E-state index is 0.0339. The van der Waals surface area contributed by atoms with Crippen LogP contribution in [-0.2, 0) is 12.2 Å². The zero-order valence-electron chi connectivity index (χ0n) is 8.44. The molecule has 1 aromatic rings. The van der Waals surface area contributed by atoms with E-state index in [-0.39, 0.29) is 17.7 Å². The van der Waals surface area contributed by atoms with Crippen LogP contribution < -0.4 is 5.48 Å². The summed E-state index contributed by atoms with van der Waals surface area (Å²) in [6.45, 7) is 2.22. The maximum Gasteiger partial charge on any atom is 0.163 e. The molecule has 0 atom stereocenters. The van der Waals surface area contributed by atoms with Crippen LogP contribution in [0.15, 0.2) is 12.1 Å². The fourth-order valence-corrected chi connectivity index (χ4v) is 1.20. The van der Waals surface area contributed by atoms with Crippen molar-refractivity contribution in [2.45, 2.75) is 26.1 Å². The Bertz CT molecular complexity index is 360. The van der Waals surface area contributed by atoms with Gasteiger partial charge in [0.15, 0.2) is 11.6 Å². The summed E-state index contributed by atoms with van der Waals surface area (Å²) in [7, 11) is 0. The Morgan fingerprint density at radius 3 is 2.40 bits per heavy atom. The van der Waals surface area contributed by atoms with E-state index in [2.05, 4.69) is 0 Å². The largest absolute Gasteiger partial charge is 0.316 e. The van der Waals surface area contributed by atoms with Crippen LogP contribution in [0.3, 0.4) is 0 Å². The summed E-state index contributed by atoms with van der Waals surface area (Å²) in [6, 6.07) is 2.00. The van der Waals surface area contributed by atoms with Crippen molar-refractivity contribution >= 4 is 0 Å².